The highest BCUT2D eigenvalue weighted by molar-refractivity contribution is 7.16. The lowest BCUT2D eigenvalue weighted by molar-refractivity contribution is 0.927. The molecule has 2 nitrogen and oxygen atoms in total. The molecular weight excluding hydrogens is 276 g/mol. The van der Waals surface area contributed by atoms with Gasteiger partial charge in [-0.05, 0) is 18.9 Å². The van der Waals surface area contributed by atoms with Crippen molar-refractivity contribution < 1.29 is 0 Å². The van der Waals surface area contributed by atoms with Crippen LogP contribution in [-0.2, 0) is 12.8 Å². The molecule has 1 N–H and O–H groups in total. The number of nitrogens with one attached hydrogen (secondary N) is 1. The molecule has 19 heavy (non-hydrogen) atoms. The molecule has 0 saturated heterocycles. The predicted molar refractivity (Wildman–Crippen MR) is 79.8 cm³/mol. The smallest absolute Gasteiger partial charge is 0.138 e. The quantitative estimate of drug-likeness (QED) is 0.698. The molecule has 0 atom stereocenters. The van der Waals surface area contributed by atoms with E-state index in [0.717, 1.165) is 34.3 Å². The van der Waals surface area contributed by atoms with Gasteiger partial charge in [0, 0.05) is 21.7 Å². The van der Waals surface area contributed by atoms with Crippen molar-refractivity contribution in [2.45, 2.75) is 12.8 Å². The molecule has 0 radical (unpaired) electrons. The van der Waals surface area contributed by atoms with Crippen LogP contribution in [0.5, 0.6) is 0 Å². The predicted octanol–water partition coefficient (Wildman–Crippen LogP) is 4.56. The lowest BCUT2D eigenvalue weighted by Gasteiger charge is -2.09. The van der Waals surface area contributed by atoms with E-state index < -0.39 is 0 Å². The molecule has 1 aromatic carbocycles. The zero-order valence-electron chi connectivity index (χ0n) is 10.1. The first-order valence-electron chi connectivity index (χ1n) is 6.24. The average molecular weight is 287 g/mol. The van der Waals surface area contributed by atoms with Gasteiger partial charge in [-0.1, -0.05) is 41.9 Å². The number of aromatic nitrogens is 2. The maximum absolute atomic E-state index is 6.12. The Morgan fingerprint density at radius 3 is 2.84 bits per heavy atom. The fourth-order valence-corrected chi connectivity index (χ4v) is 3.84. The number of aryl methyl sites for hydroxylation is 2. The number of benzene rings is 1. The van der Waals surface area contributed by atoms with Crippen molar-refractivity contribution in [2.24, 2.45) is 0 Å². The van der Waals surface area contributed by atoms with E-state index in [0.29, 0.717) is 0 Å². The zero-order chi connectivity index (χ0) is 12.8. The van der Waals surface area contributed by atoms with Gasteiger partial charge in [0.2, 0.25) is 0 Å². The first-order chi connectivity index (χ1) is 9.31. The zero-order valence-corrected chi connectivity index (χ0v) is 11.7. The maximum atomic E-state index is 6.12. The molecule has 1 aliphatic rings. The molecular formula is C15H11ClN2S. The summed E-state index contributed by atoms with van der Waals surface area (Å²) in [5.74, 6) is 0.945. The summed E-state index contributed by atoms with van der Waals surface area (Å²) in [5.41, 5.74) is 4.62. The highest BCUT2D eigenvalue weighted by atomic mass is 35.5. The van der Waals surface area contributed by atoms with Crippen LogP contribution in [0, 0.1) is 0 Å². The topological polar surface area (TPSA) is 28.7 Å². The fourth-order valence-electron chi connectivity index (χ4n) is 2.57. The van der Waals surface area contributed by atoms with E-state index in [-0.39, 0.29) is 0 Å². The summed E-state index contributed by atoms with van der Waals surface area (Å²) in [4.78, 5) is 9.57. The largest absolute Gasteiger partial charge is 0.341 e. The molecule has 0 bridgehead atoms. The van der Waals surface area contributed by atoms with Crippen LogP contribution >= 0.6 is 22.9 Å². The number of fused-ring (bicyclic) bond motifs is 3. The van der Waals surface area contributed by atoms with Crippen molar-refractivity contribution in [3.8, 4) is 22.6 Å². The van der Waals surface area contributed by atoms with Crippen LogP contribution in [0.25, 0.3) is 22.6 Å². The number of halogens is 1. The minimum atomic E-state index is 0.849. The second kappa shape index (κ2) is 4.22. The molecule has 4 heteroatoms. The Morgan fingerprint density at radius 1 is 1.16 bits per heavy atom. The van der Waals surface area contributed by atoms with E-state index >= 15 is 0 Å². The second-order valence-electron chi connectivity index (χ2n) is 4.67. The third-order valence-corrected chi connectivity index (χ3v) is 4.79. The summed E-state index contributed by atoms with van der Waals surface area (Å²) in [7, 11) is 0. The van der Waals surface area contributed by atoms with Crippen molar-refractivity contribution >= 4 is 22.9 Å². The number of imidazole rings is 1. The van der Waals surface area contributed by atoms with E-state index in [1.54, 1.807) is 11.3 Å². The molecule has 1 aliphatic carbocycles. The second-order valence-corrected chi connectivity index (χ2v) is 6.43. The average Bonchev–Trinajstić information content (AvgIpc) is 3.01. The monoisotopic (exact) mass is 286 g/mol. The Labute approximate surface area is 120 Å². The molecule has 0 fully saturated rings. The number of aromatic amines is 1. The summed E-state index contributed by atoms with van der Waals surface area (Å²) >= 11 is 7.79. The van der Waals surface area contributed by atoms with Gasteiger partial charge in [-0.3, -0.25) is 0 Å². The molecule has 0 aliphatic heterocycles. The Balaban J connectivity index is 1.87. The van der Waals surface area contributed by atoms with Gasteiger partial charge in [0.15, 0.2) is 0 Å². The normalized spacial score (nSPS) is 13.1. The van der Waals surface area contributed by atoms with Crippen molar-refractivity contribution in [3.05, 3.63) is 51.3 Å². The summed E-state index contributed by atoms with van der Waals surface area (Å²) in [6.07, 6.45) is 2.06. The van der Waals surface area contributed by atoms with Crippen molar-refractivity contribution in [2.75, 3.05) is 0 Å². The molecule has 4 rings (SSSR count). The minimum absolute atomic E-state index is 0.849. The molecule has 3 aromatic rings. The van der Waals surface area contributed by atoms with Crippen LogP contribution in [0.1, 0.15) is 10.6 Å². The number of thiophene rings is 1. The summed E-state index contributed by atoms with van der Waals surface area (Å²) in [6, 6.07) is 12.3. The van der Waals surface area contributed by atoms with Gasteiger partial charge in [-0.25, -0.2) is 4.98 Å². The van der Waals surface area contributed by atoms with Crippen LogP contribution in [0.3, 0.4) is 0 Å². The van der Waals surface area contributed by atoms with Crippen LogP contribution in [0.4, 0.5) is 0 Å². The Morgan fingerprint density at radius 2 is 2.00 bits per heavy atom. The van der Waals surface area contributed by atoms with Gasteiger partial charge < -0.3 is 4.98 Å². The van der Waals surface area contributed by atoms with E-state index in [9.17, 15) is 0 Å². The Kier molecular flexibility index (Phi) is 2.50. The van der Waals surface area contributed by atoms with Crippen molar-refractivity contribution in [3.63, 3.8) is 0 Å². The number of H-pyrrole nitrogens is 1. The van der Waals surface area contributed by atoms with Crippen LogP contribution < -0.4 is 0 Å². The first kappa shape index (κ1) is 11.3. The number of hydrogen-bond donors (Lipinski definition) is 1. The third kappa shape index (κ3) is 1.81. The summed E-state index contributed by atoms with van der Waals surface area (Å²) in [5, 5.41) is 0. The lowest BCUT2D eigenvalue weighted by Crippen LogP contribution is -1.99. The summed E-state index contributed by atoms with van der Waals surface area (Å²) in [6.45, 7) is 0. The van der Waals surface area contributed by atoms with Gasteiger partial charge in [0.05, 0.1) is 10.0 Å². The standard InChI is InChI=1S/C15H11ClN2S/c16-13-8-10-12(19-13)7-6-11-14(10)18-15(17-11)9-4-2-1-3-5-9/h1-5,8H,6-7H2,(H,17,18). The van der Waals surface area contributed by atoms with Crippen molar-refractivity contribution in [1.29, 1.82) is 0 Å². The van der Waals surface area contributed by atoms with Crippen LogP contribution in [0.15, 0.2) is 36.4 Å². The van der Waals surface area contributed by atoms with E-state index in [1.165, 1.54) is 16.1 Å². The minimum Gasteiger partial charge on any atom is -0.341 e. The SMILES string of the molecule is Clc1cc2c(s1)CCc1[nH]c(-c3ccccc3)nc1-2. The molecule has 0 unspecified atom stereocenters. The maximum Gasteiger partial charge on any atom is 0.138 e. The fraction of sp³-hybridized carbons (Fsp3) is 0.133. The molecule has 0 saturated carbocycles. The molecule has 2 aromatic heterocycles. The Bertz CT molecular complexity index is 743. The summed E-state index contributed by atoms with van der Waals surface area (Å²) < 4.78 is 0.849. The molecule has 2 heterocycles. The Hall–Kier alpha value is -1.58. The molecule has 94 valence electrons. The van der Waals surface area contributed by atoms with E-state index in [1.807, 2.05) is 24.3 Å². The highest BCUT2D eigenvalue weighted by Gasteiger charge is 2.22. The van der Waals surface area contributed by atoms with E-state index in [4.69, 9.17) is 16.6 Å². The third-order valence-electron chi connectivity index (χ3n) is 3.46. The van der Waals surface area contributed by atoms with Gasteiger partial charge >= 0.3 is 0 Å². The molecule has 0 spiro atoms. The number of hydrogen-bond acceptors (Lipinski definition) is 2. The van der Waals surface area contributed by atoms with Gasteiger partial charge in [0.1, 0.15) is 5.82 Å². The molecule has 0 amide bonds. The highest BCUT2D eigenvalue weighted by Crippen LogP contribution is 2.40. The van der Waals surface area contributed by atoms with E-state index in [2.05, 4.69) is 17.1 Å². The van der Waals surface area contributed by atoms with Crippen LogP contribution in [0.2, 0.25) is 4.34 Å². The van der Waals surface area contributed by atoms with Gasteiger partial charge in [-0.2, -0.15) is 0 Å². The number of rotatable bonds is 1. The number of nitrogens with zero attached hydrogens (tertiary/aromatic N) is 1. The van der Waals surface area contributed by atoms with Crippen molar-refractivity contribution in [1.82, 2.24) is 9.97 Å². The van der Waals surface area contributed by atoms with Crippen LogP contribution in [-0.4, -0.2) is 9.97 Å². The van der Waals surface area contributed by atoms with Gasteiger partial charge in [-0.15, -0.1) is 11.3 Å². The lowest BCUT2D eigenvalue weighted by atomic mass is 10.0. The first-order valence-corrected chi connectivity index (χ1v) is 7.43. The van der Waals surface area contributed by atoms with Gasteiger partial charge in [0.25, 0.3) is 0 Å².